The molecule has 1 amide bonds. The van der Waals surface area contributed by atoms with Gasteiger partial charge in [0, 0.05) is 31.5 Å². The van der Waals surface area contributed by atoms with Crippen LogP contribution in [0.15, 0.2) is 75.3 Å². The molecule has 41 heavy (non-hydrogen) atoms. The largest absolute Gasteiger partial charge is 0.497 e. The van der Waals surface area contributed by atoms with Gasteiger partial charge in [-0.15, -0.1) is 0 Å². The van der Waals surface area contributed by atoms with Crippen LogP contribution in [-0.2, 0) is 32.7 Å². The first-order valence-corrected chi connectivity index (χ1v) is 14.4. The fraction of sp³-hybridized carbons (Fsp3) is 0.357. The van der Waals surface area contributed by atoms with E-state index in [1.54, 1.807) is 44.6 Å². The quantitative estimate of drug-likeness (QED) is 0.377. The molecule has 2 aliphatic rings. The molecule has 0 aliphatic carbocycles. The summed E-state index contributed by atoms with van der Waals surface area (Å²) in [5, 5.41) is 4.02. The Balaban J connectivity index is 1.24. The second-order valence-corrected chi connectivity index (χ2v) is 11.7. The average molecular weight is 588 g/mol. The molecule has 5 rings (SSSR count). The number of amides is 1. The number of piperidine rings is 1. The monoisotopic (exact) mass is 587 g/mol. The molecule has 0 N–H and O–H groups in total. The van der Waals surface area contributed by atoms with Gasteiger partial charge in [-0.1, -0.05) is 5.16 Å². The molecule has 0 radical (unpaired) electrons. The number of rotatable bonds is 8. The number of nitrogens with zero attached hydrogens (tertiary/aromatic N) is 3. The Kier molecular flexibility index (Phi) is 8.18. The van der Waals surface area contributed by atoms with Gasteiger partial charge in [-0.3, -0.25) is 4.90 Å². The van der Waals surface area contributed by atoms with E-state index in [1.807, 2.05) is 0 Å². The summed E-state index contributed by atoms with van der Waals surface area (Å²) in [6.07, 6.45) is 1.75. The van der Waals surface area contributed by atoms with Crippen LogP contribution < -0.4 is 9.47 Å². The molecule has 1 spiro atoms. The van der Waals surface area contributed by atoms with Gasteiger partial charge in [0.15, 0.2) is 0 Å². The highest BCUT2D eigenvalue weighted by molar-refractivity contribution is 7.89. The second-order valence-electron chi connectivity index (χ2n) is 9.78. The number of oxime groups is 1. The van der Waals surface area contributed by atoms with Crippen molar-refractivity contribution in [3.05, 3.63) is 78.0 Å². The SMILES string of the molecule is COc1ccc(OC)c(CN(Cc2ccco2)C(=O)OC2=NOC3(CCN(S(=O)(=O)c4ccc(F)cc4)CC3)C2)c1. The lowest BCUT2D eigenvalue weighted by Crippen LogP contribution is -2.47. The number of carbonyl (C=O) groups is 1. The fourth-order valence-corrected chi connectivity index (χ4v) is 6.29. The van der Waals surface area contributed by atoms with Crippen molar-refractivity contribution in [2.45, 2.75) is 42.8 Å². The van der Waals surface area contributed by atoms with Gasteiger partial charge >= 0.3 is 6.09 Å². The second kappa shape index (κ2) is 11.8. The third-order valence-corrected chi connectivity index (χ3v) is 9.05. The molecule has 11 nitrogen and oxygen atoms in total. The van der Waals surface area contributed by atoms with Crippen LogP contribution in [0.5, 0.6) is 11.5 Å². The van der Waals surface area contributed by atoms with Crippen LogP contribution in [-0.4, -0.2) is 62.5 Å². The maximum Gasteiger partial charge on any atom is 0.417 e. The summed E-state index contributed by atoms with van der Waals surface area (Å²) in [6, 6.07) is 13.5. The minimum absolute atomic E-state index is 0.0253. The Morgan fingerprint density at radius 1 is 1.07 bits per heavy atom. The summed E-state index contributed by atoms with van der Waals surface area (Å²) in [7, 11) is -0.686. The van der Waals surface area contributed by atoms with E-state index in [1.165, 1.54) is 27.6 Å². The zero-order valence-electron chi connectivity index (χ0n) is 22.6. The lowest BCUT2D eigenvalue weighted by molar-refractivity contribution is -0.0506. The van der Waals surface area contributed by atoms with Gasteiger partial charge in [0.2, 0.25) is 15.9 Å². The van der Waals surface area contributed by atoms with Crippen molar-refractivity contribution in [1.29, 1.82) is 0 Å². The first-order valence-electron chi connectivity index (χ1n) is 12.9. The van der Waals surface area contributed by atoms with E-state index >= 15 is 0 Å². The van der Waals surface area contributed by atoms with Crippen molar-refractivity contribution < 1.29 is 41.1 Å². The minimum atomic E-state index is -3.78. The molecule has 1 aromatic heterocycles. The Bertz CT molecular complexity index is 1500. The molecule has 0 bridgehead atoms. The van der Waals surface area contributed by atoms with Gasteiger partial charge in [0.05, 0.1) is 44.9 Å². The van der Waals surface area contributed by atoms with E-state index < -0.39 is 27.5 Å². The van der Waals surface area contributed by atoms with E-state index in [-0.39, 0.29) is 43.4 Å². The average Bonchev–Trinajstić information content (AvgIpc) is 3.63. The van der Waals surface area contributed by atoms with Crippen LogP contribution in [0.25, 0.3) is 0 Å². The smallest absolute Gasteiger partial charge is 0.417 e. The van der Waals surface area contributed by atoms with Gasteiger partial charge in [-0.25, -0.2) is 17.6 Å². The molecule has 2 aromatic carbocycles. The highest BCUT2D eigenvalue weighted by Gasteiger charge is 2.46. The molecule has 3 aromatic rings. The molecule has 1 fully saturated rings. The third kappa shape index (κ3) is 6.30. The highest BCUT2D eigenvalue weighted by Crippen LogP contribution is 2.37. The number of benzene rings is 2. The molecule has 1 saturated heterocycles. The van der Waals surface area contributed by atoms with Crippen LogP contribution in [0.2, 0.25) is 0 Å². The van der Waals surface area contributed by atoms with E-state index in [4.69, 9.17) is 23.5 Å². The van der Waals surface area contributed by atoms with Crippen LogP contribution >= 0.6 is 0 Å². The molecule has 0 saturated carbocycles. The molecule has 0 atom stereocenters. The minimum Gasteiger partial charge on any atom is -0.497 e. The number of halogens is 1. The summed E-state index contributed by atoms with van der Waals surface area (Å²) in [5.74, 6) is 1.33. The lowest BCUT2D eigenvalue weighted by Gasteiger charge is -2.36. The Labute approximate surface area is 237 Å². The van der Waals surface area contributed by atoms with Gasteiger partial charge in [-0.2, -0.15) is 4.31 Å². The lowest BCUT2D eigenvalue weighted by atomic mass is 9.89. The van der Waals surface area contributed by atoms with Crippen LogP contribution in [0.1, 0.15) is 30.6 Å². The highest BCUT2D eigenvalue weighted by atomic mass is 32.2. The number of carbonyl (C=O) groups excluding carboxylic acids is 1. The summed E-state index contributed by atoms with van der Waals surface area (Å²) >= 11 is 0. The number of ether oxygens (including phenoxy) is 3. The van der Waals surface area contributed by atoms with Crippen LogP contribution in [0.3, 0.4) is 0 Å². The summed E-state index contributed by atoms with van der Waals surface area (Å²) < 4.78 is 62.5. The maximum absolute atomic E-state index is 13.4. The summed E-state index contributed by atoms with van der Waals surface area (Å²) in [4.78, 5) is 20.5. The van der Waals surface area contributed by atoms with Crippen LogP contribution in [0.4, 0.5) is 9.18 Å². The number of sulfonamides is 1. The van der Waals surface area contributed by atoms with Crippen molar-refractivity contribution >= 4 is 22.0 Å². The predicted octanol–water partition coefficient (Wildman–Crippen LogP) is 4.53. The molecule has 13 heteroatoms. The topological polar surface area (TPSA) is 120 Å². The van der Waals surface area contributed by atoms with Crippen molar-refractivity contribution in [3.8, 4) is 11.5 Å². The number of furan rings is 1. The normalized spacial score (nSPS) is 16.6. The van der Waals surface area contributed by atoms with Gasteiger partial charge in [0.1, 0.15) is 28.7 Å². The summed E-state index contributed by atoms with van der Waals surface area (Å²) in [5.41, 5.74) is -0.0853. The summed E-state index contributed by atoms with van der Waals surface area (Å²) in [6.45, 7) is 0.616. The zero-order chi connectivity index (χ0) is 29.0. The fourth-order valence-electron chi connectivity index (χ4n) is 4.85. The Hall–Kier alpha value is -4.10. The Morgan fingerprint density at radius 2 is 1.83 bits per heavy atom. The van der Waals surface area contributed by atoms with Crippen molar-refractivity contribution in [3.63, 3.8) is 0 Å². The first-order chi connectivity index (χ1) is 19.7. The zero-order valence-corrected chi connectivity index (χ0v) is 23.4. The van der Waals surface area contributed by atoms with Crippen molar-refractivity contribution in [2.24, 2.45) is 5.16 Å². The number of methoxy groups -OCH3 is 2. The third-order valence-electron chi connectivity index (χ3n) is 7.14. The molecular weight excluding hydrogens is 557 g/mol. The van der Waals surface area contributed by atoms with E-state index in [9.17, 15) is 17.6 Å². The van der Waals surface area contributed by atoms with Gasteiger partial charge in [-0.05, 0) is 54.6 Å². The number of hydrogen-bond donors (Lipinski definition) is 0. The predicted molar refractivity (Wildman–Crippen MR) is 144 cm³/mol. The van der Waals surface area contributed by atoms with Crippen molar-refractivity contribution in [2.75, 3.05) is 27.3 Å². The standard InChI is InChI=1S/C28H30FN3O8S/c1-36-22-7-10-25(37-2)20(16-22)18-31(19-23-4-3-15-38-23)27(33)39-26-17-28(40-30-26)11-13-32(14-12-28)41(34,35)24-8-5-21(29)6-9-24/h3-10,15-16H,11-14,17-19H2,1-2H3. The first kappa shape index (κ1) is 28.4. The molecule has 218 valence electrons. The molecular formula is C28H30FN3O8S. The molecule has 2 aliphatic heterocycles. The number of hydrogen-bond acceptors (Lipinski definition) is 9. The van der Waals surface area contributed by atoms with Crippen LogP contribution in [0, 0.1) is 5.82 Å². The maximum atomic E-state index is 13.4. The van der Waals surface area contributed by atoms with Gasteiger partial charge in [0.25, 0.3) is 0 Å². The molecule has 0 unspecified atom stereocenters. The van der Waals surface area contributed by atoms with Crippen molar-refractivity contribution in [1.82, 2.24) is 9.21 Å². The Morgan fingerprint density at radius 3 is 2.49 bits per heavy atom. The van der Waals surface area contributed by atoms with E-state index in [0.717, 1.165) is 12.1 Å². The van der Waals surface area contributed by atoms with Gasteiger partial charge < -0.3 is 23.5 Å². The molecule has 3 heterocycles. The van der Waals surface area contributed by atoms with E-state index in [0.29, 0.717) is 35.7 Å². The van der Waals surface area contributed by atoms with E-state index in [2.05, 4.69) is 5.16 Å².